The molecule has 0 atom stereocenters. The summed E-state index contributed by atoms with van der Waals surface area (Å²) >= 11 is 0. The lowest BCUT2D eigenvalue weighted by molar-refractivity contribution is 0.0591. The van der Waals surface area contributed by atoms with E-state index in [1.54, 1.807) is 18.2 Å². The summed E-state index contributed by atoms with van der Waals surface area (Å²) in [5, 5.41) is 0. The first-order chi connectivity index (χ1) is 26.0. The number of methoxy groups -OCH3 is 3. The summed E-state index contributed by atoms with van der Waals surface area (Å²) in [4.78, 5) is 88.0. The Labute approximate surface area is 317 Å². The van der Waals surface area contributed by atoms with E-state index in [-0.39, 0.29) is 70.1 Å². The van der Waals surface area contributed by atoms with Gasteiger partial charge in [-0.3, -0.25) is 14.4 Å². The summed E-state index contributed by atoms with van der Waals surface area (Å²) in [5.74, 6) is -3.66. The quantitative estimate of drug-likeness (QED) is 0.0865. The van der Waals surface area contributed by atoms with Gasteiger partial charge in [0, 0.05) is 53.4 Å². The Morgan fingerprint density at radius 1 is 0.426 bits per heavy atom. The van der Waals surface area contributed by atoms with Crippen molar-refractivity contribution in [2.24, 2.45) is 0 Å². The Morgan fingerprint density at radius 2 is 0.685 bits per heavy atom. The van der Waals surface area contributed by atoms with Gasteiger partial charge in [-0.2, -0.15) is 0 Å². The average Bonchev–Trinajstić information content (AvgIpc) is 3.20. The number of carbonyl (C=O) groups is 6. The lowest BCUT2D eigenvalue weighted by atomic mass is 10.0. The molecular formula is C42H51N3O9. The number of carbonyl (C=O) groups excluding carboxylic acids is 6. The topological polar surface area (TPSA) is 140 Å². The van der Waals surface area contributed by atoms with E-state index in [1.165, 1.54) is 72.4 Å². The molecule has 0 saturated carbocycles. The number of unbranched alkanes of at least 4 members (excludes halogenated alkanes) is 6. The number of nitrogens with zero attached hydrogens (tertiary/aromatic N) is 3. The number of esters is 3. The van der Waals surface area contributed by atoms with Crippen molar-refractivity contribution in [3.63, 3.8) is 0 Å². The number of fused-ring (bicyclic) bond motifs is 6. The van der Waals surface area contributed by atoms with Crippen LogP contribution in [0.3, 0.4) is 0 Å². The van der Waals surface area contributed by atoms with Crippen molar-refractivity contribution in [3.8, 4) is 0 Å². The minimum absolute atomic E-state index is 0.0507. The highest BCUT2D eigenvalue weighted by molar-refractivity contribution is 6.14. The molecule has 3 amide bonds. The van der Waals surface area contributed by atoms with Crippen LogP contribution in [0.2, 0.25) is 0 Å². The molecule has 12 heteroatoms. The molecule has 6 bridgehead atoms. The first-order valence-electron chi connectivity index (χ1n) is 18.7. The molecule has 1 aliphatic heterocycles. The van der Waals surface area contributed by atoms with Crippen LogP contribution in [0.5, 0.6) is 0 Å². The Bertz CT molecular complexity index is 1660. The van der Waals surface area contributed by atoms with Crippen molar-refractivity contribution in [1.29, 1.82) is 0 Å². The molecule has 0 radical (unpaired) electrons. The molecule has 0 fully saturated rings. The van der Waals surface area contributed by atoms with Crippen molar-refractivity contribution in [3.05, 3.63) is 88.0 Å². The zero-order valence-corrected chi connectivity index (χ0v) is 32.2. The summed E-state index contributed by atoms with van der Waals surface area (Å²) in [6.07, 6.45) is 6.78. The average molecular weight is 742 g/mol. The predicted octanol–water partition coefficient (Wildman–Crippen LogP) is 7.87. The Kier molecular flexibility index (Phi) is 14.9. The largest absolute Gasteiger partial charge is 0.465 e. The molecule has 54 heavy (non-hydrogen) atoms. The first-order valence-corrected chi connectivity index (χ1v) is 18.7. The Hall–Kier alpha value is -5.52. The van der Waals surface area contributed by atoms with E-state index in [0.717, 1.165) is 38.5 Å². The molecule has 3 aromatic rings. The number of anilines is 3. The fraction of sp³-hybridized carbons (Fsp3) is 0.429. The maximum absolute atomic E-state index is 14.7. The zero-order valence-electron chi connectivity index (χ0n) is 32.2. The fourth-order valence-corrected chi connectivity index (χ4v) is 6.45. The van der Waals surface area contributed by atoms with Crippen LogP contribution >= 0.6 is 0 Å². The standard InChI is InChI=1S/C42H51N3O9/c1-7-10-13-16-43-34-22-29(20-31(25-34)40(49)52-4)38(47)45(18-15-12-9-3)36-24-30(21-33(27-36)42(51)54-6)39(48)44(17-14-11-8-2)35-23-28(37(43)46)19-32(26-35)41(50)53-5/h19-27H,7-18H2,1-6H3. The highest BCUT2D eigenvalue weighted by Gasteiger charge is 2.29. The van der Waals surface area contributed by atoms with E-state index >= 15 is 0 Å². The van der Waals surface area contributed by atoms with Gasteiger partial charge < -0.3 is 28.9 Å². The van der Waals surface area contributed by atoms with Crippen molar-refractivity contribution in [2.75, 3.05) is 55.7 Å². The molecule has 0 unspecified atom stereocenters. The number of hydrogen-bond acceptors (Lipinski definition) is 9. The minimum Gasteiger partial charge on any atom is -0.465 e. The van der Waals surface area contributed by atoms with E-state index in [9.17, 15) is 28.8 Å². The summed E-state index contributed by atoms with van der Waals surface area (Å²) in [5.41, 5.74) is 1.25. The van der Waals surface area contributed by atoms with Gasteiger partial charge in [0.05, 0.1) is 38.0 Å². The maximum Gasteiger partial charge on any atom is 0.337 e. The van der Waals surface area contributed by atoms with E-state index in [0.29, 0.717) is 19.3 Å². The van der Waals surface area contributed by atoms with Crippen molar-refractivity contribution in [1.82, 2.24) is 0 Å². The summed E-state index contributed by atoms with van der Waals surface area (Å²) < 4.78 is 15.2. The van der Waals surface area contributed by atoms with E-state index in [2.05, 4.69) is 0 Å². The third kappa shape index (κ3) is 9.71. The number of hydrogen-bond donors (Lipinski definition) is 0. The van der Waals surface area contributed by atoms with Gasteiger partial charge in [0.15, 0.2) is 0 Å². The second kappa shape index (κ2) is 19.5. The number of ether oxygens (including phenoxy) is 3. The monoisotopic (exact) mass is 741 g/mol. The van der Waals surface area contributed by atoms with Crippen LogP contribution in [0.4, 0.5) is 17.1 Å². The fourth-order valence-electron chi connectivity index (χ4n) is 6.45. The van der Waals surface area contributed by atoms with Gasteiger partial charge in [-0.05, 0) is 73.9 Å². The molecule has 12 nitrogen and oxygen atoms in total. The van der Waals surface area contributed by atoms with Gasteiger partial charge in [0.25, 0.3) is 17.7 Å². The van der Waals surface area contributed by atoms with Crippen LogP contribution in [0.1, 0.15) is 141 Å². The summed E-state index contributed by atoms with van der Waals surface area (Å²) in [6, 6.07) is 13.4. The van der Waals surface area contributed by atoms with Crippen LogP contribution in [0, 0.1) is 0 Å². The van der Waals surface area contributed by atoms with Gasteiger partial charge in [-0.25, -0.2) is 14.4 Å². The number of benzene rings is 3. The highest BCUT2D eigenvalue weighted by Crippen LogP contribution is 2.31. The lowest BCUT2D eigenvalue weighted by Crippen LogP contribution is -2.34. The minimum atomic E-state index is -0.708. The molecular weight excluding hydrogens is 690 g/mol. The third-order valence-electron chi connectivity index (χ3n) is 9.38. The molecule has 0 aliphatic carbocycles. The SMILES string of the molecule is CCCCCN1C(=O)c2cc(C(=O)OC)cc(c2)N(CCCCC)C(=O)c2cc(C(=O)OC)cc(c2)N(CCCCC)C(=O)c2cc(C(=O)OC)cc1c2. The van der Waals surface area contributed by atoms with E-state index < -0.39 is 35.6 Å². The van der Waals surface area contributed by atoms with Crippen LogP contribution in [0.25, 0.3) is 0 Å². The number of rotatable bonds is 15. The smallest absolute Gasteiger partial charge is 0.337 e. The Balaban J connectivity index is 2.15. The van der Waals surface area contributed by atoms with Crippen LogP contribution in [-0.4, -0.2) is 76.6 Å². The molecule has 1 aliphatic rings. The molecule has 0 saturated heterocycles. The maximum atomic E-state index is 14.7. The molecule has 0 aromatic heterocycles. The second-order valence-corrected chi connectivity index (χ2v) is 13.3. The Morgan fingerprint density at radius 3 is 0.907 bits per heavy atom. The van der Waals surface area contributed by atoms with E-state index in [1.807, 2.05) is 20.8 Å². The van der Waals surface area contributed by atoms with Crippen molar-refractivity contribution in [2.45, 2.75) is 78.6 Å². The van der Waals surface area contributed by atoms with Crippen LogP contribution < -0.4 is 14.7 Å². The second-order valence-electron chi connectivity index (χ2n) is 13.3. The molecule has 4 rings (SSSR count). The number of amides is 3. The summed E-state index contributed by atoms with van der Waals surface area (Å²) in [6.45, 7) is 6.78. The van der Waals surface area contributed by atoms with Crippen molar-refractivity contribution < 1.29 is 43.0 Å². The predicted molar refractivity (Wildman–Crippen MR) is 207 cm³/mol. The van der Waals surface area contributed by atoms with Gasteiger partial charge in [0.1, 0.15) is 0 Å². The molecule has 288 valence electrons. The summed E-state index contributed by atoms with van der Waals surface area (Å²) in [7, 11) is 3.70. The third-order valence-corrected chi connectivity index (χ3v) is 9.38. The first kappa shape index (κ1) is 41.2. The molecule has 3 aromatic carbocycles. The van der Waals surface area contributed by atoms with Crippen molar-refractivity contribution >= 4 is 52.7 Å². The van der Waals surface area contributed by atoms with Crippen LogP contribution in [0.15, 0.2) is 54.6 Å². The van der Waals surface area contributed by atoms with Gasteiger partial charge >= 0.3 is 17.9 Å². The molecule has 1 heterocycles. The normalized spacial score (nSPS) is 13.0. The van der Waals surface area contributed by atoms with Crippen LogP contribution in [-0.2, 0) is 14.2 Å². The van der Waals surface area contributed by atoms with E-state index in [4.69, 9.17) is 14.2 Å². The van der Waals surface area contributed by atoms with Gasteiger partial charge in [-0.15, -0.1) is 0 Å². The zero-order chi connectivity index (χ0) is 39.4. The van der Waals surface area contributed by atoms with Gasteiger partial charge in [0.2, 0.25) is 0 Å². The van der Waals surface area contributed by atoms with Gasteiger partial charge in [-0.1, -0.05) is 59.3 Å². The highest BCUT2D eigenvalue weighted by atomic mass is 16.5. The lowest BCUT2D eigenvalue weighted by Gasteiger charge is -2.27. The molecule has 0 spiro atoms. The molecule has 0 N–H and O–H groups in total.